The highest BCUT2D eigenvalue weighted by atomic mass is 16.5. The quantitative estimate of drug-likeness (QED) is 0.531. The Hall–Kier alpha value is -3.80. The van der Waals surface area contributed by atoms with E-state index in [9.17, 15) is 9.59 Å². The van der Waals surface area contributed by atoms with Gasteiger partial charge in [-0.15, -0.1) is 0 Å². The zero-order chi connectivity index (χ0) is 23.0. The monoisotopic (exact) mass is 443 g/mol. The van der Waals surface area contributed by atoms with Gasteiger partial charge in [0.15, 0.2) is 0 Å². The summed E-state index contributed by atoms with van der Waals surface area (Å²) in [5.41, 5.74) is 3.75. The first-order chi connectivity index (χ1) is 16.1. The minimum atomic E-state index is -0.123. The number of urea groups is 1. The molecule has 0 radical (unpaired) electrons. The van der Waals surface area contributed by atoms with Crippen molar-refractivity contribution in [2.45, 2.75) is 26.6 Å². The van der Waals surface area contributed by atoms with Crippen molar-refractivity contribution in [2.75, 3.05) is 19.7 Å². The molecule has 1 N–H and O–H groups in total. The fourth-order valence-corrected chi connectivity index (χ4v) is 3.87. The summed E-state index contributed by atoms with van der Waals surface area (Å²) in [6.45, 7) is 5.62. The van der Waals surface area contributed by atoms with Crippen molar-refractivity contribution in [3.8, 4) is 5.75 Å². The van der Waals surface area contributed by atoms with E-state index >= 15 is 0 Å². The predicted octanol–water partition coefficient (Wildman–Crippen LogP) is 4.45. The molecule has 0 atom stereocenters. The standard InChI is InChI=1S/C27H29N3O3/c1-2-33-25-14-10-21(11-15-25)18-28-26(31)24-12-8-23(9-13-24)20-30-17-16-29(27(30)32)19-22-6-4-3-5-7-22/h3-15H,2,16-20H2,1H3,(H,28,31). The fourth-order valence-electron chi connectivity index (χ4n) is 3.87. The third-order valence-electron chi connectivity index (χ3n) is 5.67. The summed E-state index contributed by atoms with van der Waals surface area (Å²) < 4.78 is 5.44. The zero-order valence-corrected chi connectivity index (χ0v) is 18.9. The van der Waals surface area contributed by atoms with Crippen molar-refractivity contribution in [1.29, 1.82) is 0 Å². The van der Waals surface area contributed by atoms with Crippen molar-refractivity contribution in [3.05, 3.63) is 101 Å². The maximum Gasteiger partial charge on any atom is 0.320 e. The second kappa shape index (κ2) is 10.7. The minimum Gasteiger partial charge on any atom is -0.494 e. The number of rotatable bonds is 9. The summed E-state index contributed by atoms with van der Waals surface area (Å²) in [6, 6.07) is 25.2. The number of carbonyl (C=O) groups is 2. The van der Waals surface area contributed by atoms with E-state index in [0.29, 0.717) is 38.3 Å². The molecule has 0 bridgehead atoms. The van der Waals surface area contributed by atoms with Gasteiger partial charge in [-0.3, -0.25) is 4.79 Å². The molecule has 0 aromatic heterocycles. The van der Waals surface area contributed by atoms with Crippen molar-refractivity contribution in [3.63, 3.8) is 0 Å². The Kier molecular flexibility index (Phi) is 7.25. The first-order valence-electron chi connectivity index (χ1n) is 11.3. The number of hydrogen-bond donors (Lipinski definition) is 1. The van der Waals surface area contributed by atoms with Crippen LogP contribution in [0.25, 0.3) is 0 Å². The number of nitrogens with one attached hydrogen (secondary N) is 1. The molecule has 4 rings (SSSR count). The second-order valence-electron chi connectivity index (χ2n) is 8.07. The summed E-state index contributed by atoms with van der Waals surface area (Å²) in [5, 5.41) is 2.94. The smallest absolute Gasteiger partial charge is 0.320 e. The topological polar surface area (TPSA) is 61.9 Å². The normalized spacial score (nSPS) is 13.3. The van der Waals surface area contributed by atoms with Crippen LogP contribution in [0.4, 0.5) is 4.79 Å². The van der Waals surface area contributed by atoms with Crippen LogP contribution in [0.15, 0.2) is 78.9 Å². The molecular formula is C27H29N3O3. The lowest BCUT2D eigenvalue weighted by Gasteiger charge is -2.19. The van der Waals surface area contributed by atoms with Crippen LogP contribution < -0.4 is 10.1 Å². The van der Waals surface area contributed by atoms with Gasteiger partial charge in [0.2, 0.25) is 0 Å². The molecular weight excluding hydrogens is 414 g/mol. The Morgan fingerprint density at radius 2 is 1.39 bits per heavy atom. The molecule has 6 nitrogen and oxygen atoms in total. The van der Waals surface area contributed by atoms with Crippen LogP contribution in [0.5, 0.6) is 5.75 Å². The average Bonchev–Trinajstić information content (AvgIpc) is 3.18. The van der Waals surface area contributed by atoms with E-state index in [1.165, 1.54) is 0 Å². The highest BCUT2D eigenvalue weighted by molar-refractivity contribution is 5.94. The third kappa shape index (κ3) is 5.92. The molecule has 1 saturated heterocycles. The van der Waals surface area contributed by atoms with E-state index in [1.54, 1.807) is 0 Å². The average molecular weight is 444 g/mol. The van der Waals surface area contributed by atoms with Crippen LogP contribution in [-0.4, -0.2) is 41.4 Å². The molecule has 1 heterocycles. The maximum atomic E-state index is 12.7. The highest BCUT2D eigenvalue weighted by Crippen LogP contribution is 2.17. The van der Waals surface area contributed by atoms with Gasteiger partial charge in [0.05, 0.1) is 6.61 Å². The lowest BCUT2D eigenvalue weighted by atomic mass is 10.1. The lowest BCUT2D eigenvalue weighted by Crippen LogP contribution is -2.31. The van der Waals surface area contributed by atoms with E-state index in [0.717, 1.165) is 29.0 Å². The van der Waals surface area contributed by atoms with Crippen molar-refractivity contribution >= 4 is 11.9 Å². The Balaban J connectivity index is 1.27. The molecule has 0 aliphatic carbocycles. The maximum absolute atomic E-state index is 12.7. The van der Waals surface area contributed by atoms with E-state index in [1.807, 2.05) is 95.6 Å². The first-order valence-corrected chi connectivity index (χ1v) is 11.3. The van der Waals surface area contributed by atoms with Crippen LogP contribution in [-0.2, 0) is 19.6 Å². The van der Waals surface area contributed by atoms with E-state index in [4.69, 9.17) is 4.74 Å². The lowest BCUT2D eigenvalue weighted by molar-refractivity contribution is 0.0951. The molecule has 33 heavy (non-hydrogen) atoms. The fraction of sp³-hybridized carbons (Fsp3) is 0.259. The molecule has 170 valence electrons. The van der Waals surface area contributed by atoms with Gasteiger partial charge in [-0.05, 0) is 47.9 Å². The Labute approximate surface area is 194 Å². The van der Waals surface area contributed by atoms with Gasteiger partial charge < -0.3 is 19.9 Å². The number of amides is 3. The molecule has 3 amide bonds. The Morgan fingerprint density at radius 3 is 2.00 bits per heavy atom. The van der Waals surface area contributed by atoms with Gasteiger partial charge in [0.1, 0.15) is 5.75 Å². The number of ether oxygens (including phenoxy) is 1. The van der Waals surface area contributed by atoms with Gasteiger partial charge in [0.25, 0.3) is 5.91 Å². The summed E-state index contributed by atoms with van der Waals surface area (Å²) in [7, 11) is 0. The van der Waals surface area contributed by atoms with Gasteiger partial charge >= 0.3 is 6.03 Å². The van der Waals surface area contributed by atoms with Crippen LogP contribution in [0.1, 0.15) is 34.0 Å². The first kappa shape index (κ1) is 22.4. The predicted molar refractivity (Wildman–Crippen MR) is 128 cm³/mol. The van der Waals surface area contributed by atoms with Crippen LogP contribution in [0.3, 0.4) is 0 Å². The van der Waals surface area contributed by atoms with Gasteiger partial charge in [0, 0.05) is 38.3 Å². The zero-order valence-electron chi connectivity index (χ0n) is 18.9. The highest BCUT2D eigenvalue weighted by Gasteiger charge is 2.28. The molecule has 0 saturated carbocycles. The molecule has 1 fully saturated rings. The van der Waals surface area contributed by atoms with Crippen molar-refractivity contribution in [2.24, 2.45) is 0 Å². The molecule has 3 aromatic carbocycles. The van der Waals surface area contributed by atoms with Crippen molar-refractivity contribution < 1.29 is 14.3 Å². The van der Waals surface area contributed by atoms with Gasteiger partial charge in [-0.2, -0.15) is 0 Å². The van der Waals surface area contributed by atoms with E-state index < -0.39 is 0 Å². The van der Waals surface area contributed by atoms with Crippen molar-refractivity contribution in [1.82, 2.24) is 15.1 Å². The Bertz CT molecular complexity index is 1070. The van der Waals surface area contributed by atoms with Gasteiger partial charge in [-0.1, -0.05) is 54.6 Å². The largest absolute Gasteiger partial charge is 0.494 e. The van der Waals surface area contributed by atoms with Crippen LogP contribution >= 0.6 is 0 Å². The molecule has 1 aliphatic heterocycles. The molecule has 3 aromatic rings. The number of nitrogens with zero attached hydrogens (tertiary/aromatic N) is 2. The molecule has 1 aliphatic rings. The SMILES string of the molecule is CCOc1ccc(CNC(=O)c2ccc(CN3CCN(Cc4ccccc4)C3=O)cc2)cc1. The van der Waals surface area contributed by atoms with Crippen LogP contribution in [0.2, 0.25) is 0 Å². The van der Waals surface area contributed by atoms with E-state index in [-0.39, 0.29) is 11.9 Å². The second-order valence-corrected chi connectivity index (χ2v) is 8.07. The van der Waals surface area contributed by atoms with E-state index in [2.05, 4.69) is 5.32 Å². The third-order valence-corrected chi connectivity index (χ3v) is 5.67. The summed E-state index contributed by atoms with van der Waals surface area (Å²) in [5.74, 6) is 0.699. The summed E-state index contributed by atoms with van der Waals surface area (Å²) in [6.07, 6.45) is 0. The minimum absolute atomic E-state index is 0.0519. The summed E-state index contributed by atoms with van der Waals surface area (Å²) >= 11 is 0. The number of carbonyl (C=O) groups excluding carboxylic acids is 2. The van der Waals surface area contributed by atoms with Crippen LogP contribution in [0, 0.1) is 0 Å². The number of benzene rings is 3. The summed E-state index contributed by atoms with van der Waals surface area (Å²) in [4.78, 5) is 29.0. The Morgan fingerprint density at radius 1 is 0.818 bits per heavy atom. The molecule has 6 heteroatoms. The van der Waals surface area contributed by atoms with Gasteiger partial charge in [-0.25, -0.2) is 4.79 Å². The molecule has 0 spiro atoms. The number of hydrogen-bond acceptors (Lipinski definition) is 3. The molecule has 0 unspecified atom stereocenters.